The zero-order valence-electron chi connectivity index (χ0n) is 11.6. The highest BCUT2D eigenvalue weighted by Crippen LogP contribution is 2.37. The molecule has 1 aromatic rings. The maximum absolute atomic E-state index is 12.1. The molecule has 1 unspecified atom stereocenters. The Kier molecular flexibility index (Phi) is 3.19. The second-order valence-electron chi connectivity index (χ2n) is 5.52. The summed E-state index contributed by atoms with van der Waals surface area (Å²) in [5, 5.41) is 3.06. The van der Waals surface area contributed by atoms with Gasteiger partial charge in [-0.3, -0.25) is 4.79 Å². The molecule has 0 aliphatic carbocycles. The molecule has 1 fully saturated rings. The Morgan fingerprint density at radius 1 is 1.47 bits per heavy atom. The topological polar surface area (TPSA) is 35.6 Å². The Bertz CT molecular complexity index is 500. The quantitative estimate of drug-likeness (QED) is 0.902. The molecule has 2 aliphatic heterocycles. The number of amides is 1. The van der Waals surface area contributed by atoms with E-state index in [4.69, 9.17) is 0 Å². The SMILES string of the molecule is CCN(C)Cc1ccc2c(c1)NC(=O)C1CCCN21. The lowest BCUT2D eigenvalue weighted by Crippen LogP contribution is -2.43. The number of nitrogens with zero attached hydrogens (tertiary/aromatic N) is 2. The monoisotopic (exact) mass is 259 g/mol. The van der Waals surface area contributed by atoms with Crippen molar-refractivity contribution in [2.75, 3.05) is 30.4 Å². The Hall–Kier alpha value is -1.55. The van der Waals surface area contributed by atoms with Crippen LogP contribution in [-0.2, 0) is 11.3 Å². The van der Waals surface area contributed by atoms with Gasteiger partial charge in [0.1, 0.15) is 6.04 Å². The van der Waals surface area contributed by atoms with E-state index in [-0.39, 0.29) is 11.9 Å². The first-order valence-corrected chi connectivity index (χ1v) is 7.08. The van der Waals surface area contributed by atoms with Crippen molar-refractivity contribution in [3.05, 3.63) is 23.8 Å². The van der Waals surface area contributed by atoms with Crippen LogP contribution in [0.25, 0.3) is 0 Å². The highest BCUT2D eigenvalue weighted by atomic mass is 16.2. The first-order valence-electron chi connectivity index (χ1n) is 7.08. The average molecular weight is 259 g/mol. The highest BCUT2D eigenvalue weighted by molar-refractivity contribution is 6.04. The van der Waals surface area contributed by atoms with Crippen molar-refractivity contribution >= 4 is 17.3 Å². The van der Waals surface area contributed by atoms with E-state index in [0.717, 1.165) is 38.2 Å². The summed E-state index contributed by atoms with van der Waals surface area (Å²) in [5.74, 6) is 0.158. The third-order valence-corrected chi connectivity index (χ3v) is 4.18. The van der Waals surface area contributed by atoms with Gasteiger partial charge in [-0.2, -0.15) is 0 Å². The molecule has 0 radical (unpaired) electrons. The summed E-state index contributed by atoms with van der Waals surface area (Å²) >= 11 is 0. The van der Waals surface area contributed by atoms with Crippen molar-refractivity contribution in [3.8, 4) is 0 Å². The maximum atomic E-state index is 12.1. The third-order valence-electron chi connectivity index (χ3n) is 4.18. The maximum Gasteiger partial charge on any atom is 0.247 e. The molecule has 2 aliphatic rings. The van der Waals surface area contributed by atoms with Crippen molar-refractivity contribution in [1.29, 1.82) is 0 Å². The van der Waals surface area contributed by atoms with Gasteiger partial charge in [0.25, 0.3) is 0 Å². The number of benzene rings is 1. The first-order chi connectivity index (χ1) is 9.19. The van der Waals surface area contributed by atoms with E-state index in [9.17, 15) is 4.79 Å². The van der Waals surface area contributed by atoms with Crippen LogP contribution in [0.4, 0.5) is 11.4 Å². The number of fused-ring (bicyclic) bond motifs is 3. The van der Waals surface area contributed by atoms with Crippen LogP contribution in [0.15, 0.2) is 18.2 Å². The van der Waals surface area contributed by atoms with Gasteiger partial charge in [0.05, 0.1) is 11.4 Å². The number of rotatable bonds is 3. The molecule has 4 heteroatoms. The number of carbonyl (C=O) groups excluding carboxylic acids is 1. The van der Waals surface area contributed by atoms with Gasteiger partial charge in [-0.15, -0.1) is 0 Å². The minimum atomic E-state index is 0.0525. The van der Waals surface area contributed by atoms with E-state index < -0.39 is 0 Å². The van der Waals surface area contributed by atoms with Crippen molar-refractivity contribution in [1.82, 2.24) is 4.90 Å². The van der Waals surface area contributed by atoms with Crippen LogP contribution < -0.4 is 10.2 Å². The molecule has 0 bridgehead atoms. The lowest BCUT2D eigenvalue weighted by Gasteiger charge is -2.33. The molecule has 2 heterocycles. The lowest BCUT2D eigenvalue weighted by atomic mass is 10.1. The van der Waals surface area contributed by atoms with Gasteiger partial charge in [0, 0.05) is 13.1 Å². The van der Waals surface area contributed by atoms with Crippen LogP contribution in [0.2, 0.25) is 0 Å². The van der Waals surface area contributed by atoms with Crippen molar-refractivity contribution in [2.45, 2.75) is 32.4 Å². The van der Waals surface area contributed by atoms with Crippen LogP contribution in [0.5, 0.6) is 0 Å². The molecule has 4 nitrogen and oxygen atoms in total. The van der Waals surface area contributed by atoms with E-state index in [1.165, 1.54) is 11.3 Å². The summed E-state index contributed by atoms with van der Waals surface area (Å²) in [6.07, 6.45) is 2.09. The standard InChI is InChI=1S/C15H21N3O/c1-3-17(2)10-11-6-7-13-12(9-11)16-15(19)14-5-4-8-18(13)14/h6-7,9,14H,3-5,8,10H2,1-2H3,(H,16,19). The molecule has 19 heavy (non-hydrogen) atoms. The molecule has 0 saturated carbocycles. The second kappa shape index (κ2) is 4.85. The molecule has 1 aromatic carbocycles. The third kappa shape index (κ3) is 2.21. The molecular formula is C15H21N3O. The van der Waals surface area contributed by atoms with Gasteiger partial charge < -0.3 is 15.1 Å². The second-order valence-corrected chi connectivity index (χ2v) is 5.52. The predicted molar refractivity (Wildman–Crippen MR) is 77.4 cm³/mol. The largest absolute Gasteiger partial charge is 0.358 e. The molecule has 102 valence electrons. The fraction of sp³-hybridized carbons (Fsp3) is 0.533. The van der Waals surface area contributed by atoms with Gasteiger partial charge in [0.15, 0.2) is 0 Å². The van der Waals surface area contributed by atoms with Crippen LogP contribution in [0.1, 0.15) is 25.3 Å². The molecular weight excluding hydrogens is 238 g/mol. The molecule has 1 N–H and O–H groups in total. The van der Waals surface area contributed by atoms with Crippen LogP contribution in [0, 0.1) is 0 Å². The molecule has 1 amide bonds. The molecule has 0 aromatic heterocycles. The van der Waals surface area contributed by atoms with Gasteiger partial charge >= 0.3 is 0 Å². The summed E-state index contributed by atoms with van der Waals surface area (Å²) in [7, 11) is 2.11. The Morgan fingerprint density at radius 2 is 2.32 bits per heavy atom. The number of carbonyl (C=O) groups is 1. The Labute approximate surface area is 114 Å². The van der Waals surface area contributed by atoms with Crippen LogP contribution in [-0.4, -0.2) is 37.0 Å². The fourth-order valence-corrected chi connectivity index (χ4v) is 3.00. The van der Waals surface area contributed by atoms with Gasteiger partial charge in [-0.1, -0.05) is 13.0 Å². The summed E-state index contributed by atoms with van der Waals surface area (Å²) in [6.45, 7) is 5.09. The van der Waals surface area contributed by atoms with Crippen molar-refractivity contribution in [2.24, 2.45) is 0 Å². The van der Waals surface area contributed by atoms with E-state index >= 15 is 0 Å². The minimum Gasteiger partial charge on any atom is -0.358 e. The van der Waals surface area contributed by atoms with Gasteiger partial charge in [-0.25, -0.2) is 0 Å². The Balaban J connectivity index is 1.89. The van der Waals surface area contributed by atoms with E-state index in [1.54, 1.807) is 0 Å². The predicted octanol–water partition coefficient (Wildman–Crippen LogP) is 2.06. The summed E-state index contributed by atoms with van der Waals surface area (Å²) in [4.78, 5) is 16.6. The summed E-state index contributed by atoms with van der Waals surface area (Å²) < 4.78 is 0. The number of hydrogen-bond acceptors (Lipinski definition) is 3. The first kappa shape index (κ1) is 12.5. The van der Waals surface area contributed by atoms with Gasteiger partial charge in [0.2, 0.25) is 5.91 Å². The number of anilines is 2. The van der Waals surface area contributed by atoms with Crippen molar-refractivity contribution in [3.63, 3.8) is 0 Å². The summed E-state index contributed by atoms with van der Waals surface area (Å²) in [6, 6.07) is 6.51. The molecule has 0 spiro atoms. The highest BCUT2D eigenvalue weighted by Gasteiger charge is 2.36. The molecule has 1 atom stereocenters. The van der Waals surface area contributed by atoms with Gasteiger partial charge in [-0.05, 0) is 44.1 Å². The fourth-order valence-electron chi connectivity index (χ4n) is 3.00. The summed E-state index contributed by atoms with van der Waals surface area (Å²) in [5.41, 5.74) is 3.41. The normalized spacial score (nSPS) is 21.3. The van der Waals surface area contributed by atoms with E-state index in [2.05, 4.69) is 47.3 Å². The Morgan fingerprint density at radius 3 is 3.11 bits per heavy atom. The average Bonchev–Trinajstić information content (AvgIpc) is 2.88. The number of nitrogens with one attached hydrogen (secondary N) is 1. The molecule has 3 rings (SSSR count). The van der Waals surface area contributed by atoms with E-state index in [0.29, 0.717) is 0 Å². The van der Waals surface area contributed by atoms with Crippen LogP contribution in [0.3, 0.4) is 0 Å². The van der Waals surface area contributed by atoms with E-state index in [1.807, 2.05) is 0 Å². The number of hydrogen-bond donors (Lipinski definition) is 1. The lowest BCUT2D eigenvalue weighted by molar-refractivity contribution is -0.117. The zero-order valence-corrected chi connectivity index (χ0v) is 11.6. The smallest absolute Gasteiger partial charge is 0.247 e. The zero-order chi connectivity index (χ0) is 13.4. The minimum absolute atomic E-state index is 0.0525. The molecule has 1 saturated heterocycles. The van der Waals surface area contributed by atoms with Crippen LogP contribution >= 0.6 is 0 Å². The van der Waals surface area contributed by atoms with Crippen molar-refractivity contribution < 1.29 is 4.79 Å².